The lowest BCUT2D eigenvalue weighted by Gasteiger charge is -2.40. The molecule has 1 aromatic rings. The summed E-state index contributed by atoms with van der Waals surface area (Å²) in [6, 6.07) is -4.19. The van der Waals surface area contributed by atoms with Crippen LogP contribution in [0.1, 0.15) is 145 Å². The summed E-state index contributed by atoms with van der Waals surface area (Å²) in [5.41, 5.74) is 0.911. The first-order valence-corrected chi connectivity index (χ1v) is 19.2. The van der Waals surface area contributed by atoms with E-state index in [2.05, 4.69) is 26.3 Å². The van der Waals surface area contributed by atoms with E-state index in [0.717, 1.165) is 32.1 Å². The van der Waals surface area contributed by atoms with Crippen LogP contribution in [0.25, 0.3) is 0 Å². The predicted octanol–water partition coefficient (Wildman–Crippen LogP) is 3.80. The van der Waals surface area contributed by atoms with Crippen LogP contribution in [-0.4, -0.2) is 87.2 Å². The first-order valence-electron chi connectivity index (χ1n) is 19.2. The van der Waals surface area contributed by atoms with Crippen LogP contribution in [-0.2, 0) is 24.0 Å². The highest BCUT2D eigenvalue weighted by atomic mass is 16.2. The monoisotopic (exact) mass is 724 g/mol. The number of carbonyl (C=O) groups excluding carboxylic acids is 7. The molecule has 288 valence electrons. The average molecular weight is 725 g/mol. The fourth-order valence-electron chi connectivity index (χ4n) is 7.75. The van der Waals surface area contributed by atoms with Gasteiger partial charge in [-0.2, -0.15) is 0 Å². The van der Waals surface area contributed by atoms with Crippen LogP contribution in [0.3, 0.4) is 0 Å². The van der Waals surface area contributed by atoms with Crippen LogP contribution in [0.2, 0.25) is 0 Å². The maximum atomic E-state index is 14.8. The Morgan fingerprint density at radius 2 is 1.58 bits per heavy atom. The van der Waals surface area contributed by atoms with Crippen molar-refractivity contribution in [3.8, 4) is 0 Å². The number of amides is 5. The van der Waals surface area contributed by atoms with E-state index in [9.17, 15) is 33.6 Å². The quantitative estimate of drug-likeness (QED) is 0.134. The molecule has 3 fully saturated rings. The van der Waals surface area contributed by atoms with Crippen molar-refractivity contribution in [3.63, 3.8) is 0 Å². The number of nitrogens with one attached hydrogen (secondary N) is 5. The number of Topliss-reactive ketones (excluding diaryl/α,β-unsaturated/α-hetero) is 2. The third-order valence-corrected chi connectivity index (χ3v) is 11.3. The molecule has 1 aliphatic heterocycles. The molecule has 4 rings (SSSR count). The fourth-order valence-corrected chi connectivity index (χ4v) is 7.75. The Morgan fingerprint density at radius 1 is 0.923 bits per heavy atom. The summed E-state index contributed by atoms with van der Waals surface area (Å²) >= 11 is 0. The van der Waals surface area contributed by atoms with Gasteiger partial charge in [-0.05, 0) is 82.1 Å². The van der Waals surface area contributed by atoms with Crippen molar-refractivity contribution < 1.29 is 33.6 Å². The first kappa shape index (κ1) is 40.7. The number of aromatic nitrogens is 1. The summed E-state index contributed by atoms with van der Waals surface area (Å²) in [5.74, 6) is -3.92. The zero-order valence-electron chi connectivity index (χ0n) is 32.5. The van der Waals surface area contributed by atoms with Gasteiger partial charge in [0.05, 0.1) is 11.6 Å². The summed E-state index contributed by atoms with van der Waals surface area (Å²) in [6.45, 7) is 16.1. The molecule has 5 N–H and O–H groups in total. The largest absolute Gasteiger partial charge is 0.354 e. The van der Waals surface area contributed by atoms with E-state index in [-0.39, 0.29) is 47.4 Å². The standard InChI is InChI=1S/C39H60N6O7/c1-10-14-26(32(47)37(51)41-25-17-18-25)42-34(48)28-19-24-15-12-13-16-27(24)45(28)38(52)33(39(7,8)9)44-35(49)30(20(3)11-2)43-36(50)31-29(23(6)46)21(4)22(5)40-31/h20,24-28,30,33,40H,10-19H2,1-9H3,(H,41,51)(H,42,48)(H,43,50)(H,44,49)/t20?,24-,26-,27-,28-,30-,33+/m0/s1. The lowest BCUT2D eigenvalue weighted by atomic mass is 9.83. The van der Waals surface area contributed by atoms with Gasteiger partial charge in [0.25, 0.3) is 11.8 Å². The predicted molar refractivity (Wildman–Crippen MR) is 196 cm³/mol. The molecule has 13 heteroatoms. The maximum absolute atomic E-state index is 14.8. The molecular weight excluding hydrogens is 664 g/mol. The van der Waals surface area contributed by atoms with Gasteiger partial charge in [-0.3, -0.25) is 33.6 Å². The Bertz CT molecular complexity index is 1560. The van der Waals surface area contributed by atoms with Crippen molar-refractivity contribution in [2.75, 3.05) is 0 Å². The molecule has 0 spiro atoms. The molecule has 2 saturated carbocycles. The number of nitrogens with zero attached hydrogens (tertiary/aromatic N) is 1. The fraction of sp³-hybridized carbons (Fsp3) is 0.718. The van der Waals surface area contributed by atoms with Crippen molar-refractivity contribution in [3.05, 3.63) is 22.5 Å². The van der Waals surface area contributed by atoms with Crippen LogP contribution in [0.4, 0.5) is 0 Å². The van der Waals surface area contributed by atoms with E-state index < -0.39 is 64.9 Å². The van der Waals surface area contributed by atoms with Gasteiger partial charge in [0.2, 0.25) is 23.5 Å². The molecule has 52 heavy (non-hydrogen) atoms. The summed E-state index contributed by atoms with van der Waals surface area (Å²) in [5, 5.41) is 11.4. The Hall–Kier alpha value is -4.03. The van der Waals surface area contributed by atoms with E-state index >= 15 is 0 Å². The number of hydrogen-bond acceptors (Lipinski definition) is 7. The van der Waals surface area contributed by atoms with Crippen LogP contribution in [0.5, 0.6) is 0 Å². The second kappa shape index (κ2) is 16.8. The van der Waals surface area contributed by atoms with Crippen molar-refractivity contribution >= 4 is 41.1 Å². The molecule has 0 radical (unpaired) electrons. The van der Waals surface area contributed by atoms with Gasteiger partial charge >= 0.3 is 0 Å². The second-order valence-corrected chi connectivity index (χ2v) is 16.4. The molecule has 1 saturated heterocycles. The minimum absolute atomic E-state index is 0.00171. The maximum Gasteiger partial charge on any atom is 0.289 e. The molecule has 0 aromatic carbocycles. The van der Waals surface area contributed by atoms with Crippen LogP contribution in [0, 0.1) is 31.1 Å². The van der Waals surface area contributed by atoms with Crippen molar-refractivity contribution in [2.45, 2.75) is 163 Å². The zero-order chi connectivity index (χ0) is 38.7. The van der Waals surface area contributed by atoms with Crippen molar-refractivity contribution in [1.29, 1.82) is 0 Å². The number of rotatable bonds is 15. The molecule has 3 aliphatic rings. The van der Waals surface area contributed by atoms with Crippen molar-refractivity contribution in [2.24, 2.45) is 17.3 Å². The van der Waals surface area contributed by atoms with Gasteiger partial charge < -0.3 is 31.2 Å². The van der Waals surface area contributed by atoms with Crippen molar-refractivity contribution in [1.82, 2.24) is 31.2 Å². The lowest BCUT2D eigenvalue weighted by Crippen LogP contribution is -2.63. The zero-order valence-corrected chi connectivity index (χ0v) is 32.5. The summed E-state index contributed by atoms with van der Waals surface area (Å²) in [7, 11) is 0. The van der Waals surface area contributed by atoms with Gasteiger partial charge in [0.15, 0.2) is 5.78 Å². The molecule has 1 unspecified atom stereocenters. The number of aromatic amines is 1. The van der Waals surface area contributed by atoms with Gasteiger partial charge in [-0.1, -0.05) is 67.2 Å². The second-order valence-electron chi connectivity index (χ2n) is 16.4. The summed E-state index contributed by atoms with van der Waals surface area (Å²) in [4.78, 5) is 99.6. The highest BCUT2D eigenvalue weighted by Gasteiger charge is 2.51. The summed E-state index contributed by atoms with van der Waals surface area (Å²) < 4.78 is 0. The molecule has 7 atom stereocenters. The molecule has 13 nitrogen and oxygen atoms in total. The van der Waals surface area contributed by atoms with Crippen LogP contribution < -0.4 is 21.3 Å². The normalized spacial score (nSPS) is 22.3. The van der Waals surface area contributed by atoms with E-state index in [4.69, 9.17) is 0 Å². The Morgan fingerprint density at radius 3 is 2.15 bits per heavy atom. The number of fused-ring (bicyclic) bond motifs is 1. The molecule has 1 aromatic heterocycles. The van der Waals surface area contributed by atoms with Gasteiger partial charge in [-0.15, -0.1) is 0 Å². The van der Waals surface area contributed by atoms with Crippen LogP contribution >= 0.6 is 0 Å². The number of ketones is 2. The van der Waals surface area contributed by atoms with Gasteiger partial charge in [0, 0.05) is 17.8 Å². The number of hydrogen-bond donors (Lipinski definition) is 5. The molecule has 2 heterocycles. The summed E-state index contributed by atoms with van der Waals surface area (Å²) in [6.07, 6.45) is 6.92. The Kier molecular flexibility index (Phi) is 13.1. The third kappa shape index (κ3) is 9.12. The average Bonchev–Trinajstić information content (AvgIpc) is 3.73. The first-order chi connectivity index (χ1) is 24.4. The number of aryl methyl sites for hydroxylation is 1. The van der Waals surface area contributed by atoms with Gasteiger partial charge in [0.1, 0.15) is 23.8 Å². The van der Waals surface area contributed by atoms with E-state index in [0.29, 0.717) is 36.9 Å². The Balaban J connectivity index is 1.60. The number of carbonyl (C=O) groups is 7. The Labute approximate surface area is 307 Å². The van der Waals surface area contributed by atoms with Crippen LogP contribution in [0.15, 0.2) is 0 Å². The number of likely N-dealkylation sites (tertiary alicyclic amines) is 1. The smallest absolute Gasteiger partial charge is 0.289 e. The SMILES string of the molecule is CCC[C@H](NC(=O)[C@@H]1C[C@@H]2CCCC[C@@H]2N1C(=O)[C@@H](NC(=O)[C@@H](NC(=O)c1[nH]c(C)c(C)c1C(C)=O)C(C)CC)C(C)(C)C)C(=O)C(=O)NC1CC1. The number of H-pyrrole nitrogens is 1. The molecule has 5 amide bonds. The van der Waals surface area contributed by atoms with E-state index in [1.54, 1.807) is 18.7 Å². The topological polar surface area (TPSA) is 187 Å². The molecule has 0 bridgehead atoms. The minimum Gasteiger partial charge on any atom is -0.354 e. The molecular formula is C39H60N6O7. The van der Waals surface area contributed by atoms with E-state index in [1.165, 1.54) is 6.92 Å². The highest BCUT2D eigenvalue weighted by Crippen LogP contribution is 2.41. The van der Waals surface area contributed by atoms with Gasteiger partial charge in [-0.25, -0.2) is 0 Å². The van der Waals surface area contributed by atoms with E-state index in [1.807, 2.05) is 41.5 Å². The third-order valence-electron chi connectivity index (χ3n) is 11.3. The highest BCUT2D eigenvalue weighted by molar-refractivity contribution is 6.38. The lowest BCUT2D eigenvalue weighted by molar-refractivity contribution is -0.147. The molecule has 2 aliphatic carbocycles. The minimum atomic E-state index is -1.06.